The quantitative estimate of drug-likeness (QED) is 0.875. The molecule has 21 heavy (non-hydrogen) atoms. The van der Waals surface area contributed by atoms with Gasteiger partial charge in [-0.25, -0.2) is 13.2 Å². The minimum atomic E-state index is -1.60. The van der Waals surface area contributed by atoms with Gasteiger partial charge in [0.1, 0.15) is 0 Å². The molecule has 0 unspecified atom stereocenters. The number of hydrogen-bond acceptors (Lipinski definition) is 5. The van der Waals surface area contributed by atoms with Crippen molar-refractivity contribution in [3.63, 3.8) is 0 Å². The van der Waals surface area contributed by atoms with Gasteiger partial charge < -0.3 is 10.1 Å². The number of nitrogens with zero attached hydrogens (tertiary/aromatic N) is 3. The Morgan fingerprint density at radius 3 is 2.48 bits per heavy atom. The van der Waals surface area contributed by atoms with E-state index in [4.69, 9.17) is 16.3 Å². The van der Waals surface area contributed by atoms with Gasteiger partial charge in [0.05, 0.1) is 11.8 Å². The number of nitrogens with one attached hydrogen (secondary N) is 1. The van der Waals surface area contributed by atoms with E-state index in [1.807, 2.05) is 0 Å². The Kier molecular flexibility index (Phi) is 4.46. The van der Waals surface area contributed by atoms with Gasteiger partial charge in [0, 0.05) is 0 Å². The van der Waals surface area contributed by atoms with Crippen LogP contribution in [-0.4, -0.2) is 21.1 Å². The van der Waals surface area contributed by atoms with Crippen molar-refractivity contribution >= 4 is 23.2 Å². The minimum absolute atomic E-state index is 0.0736. The fraction of sp³-hybridized carbons (Fsp3) is 0.250. The number of halogens is 4. The van der Waals surface area contributed by atoms with E-state index in [9.17, 15) is 13.2 Å². The second-order valence-corrected chi connectivity index (χ2v) is 4.56. The molecule has 0 radical (unpaired) electrons. The fourth-order valence-electron chi connectivity index (χ4n) is 1.39. The summed E-state index contributed by atoms with van der Waals surface area (Å²) in [7, 11) is 0. The maximum Gasteiger partial charge on any atom is 0.322 e. The Bertz CT molecular complexity index is 669. The largest absolute Gasteiger partial charge is 0.461 e. The Hall–Kier alpha value is -2.09. The molecule has 0 atom stereocenters. The van der Waals surface area contributed by atoms with Crippen LogP contribution in [0.2, 0.25) is 5.28 Å². The molecule has 1 heterocycles. The smallest absolute Gasteiger partial charge is 0.322 e. The lowest BCUT2D eigenvalue weighted by molar-refractivity contribution is 0.222. The van der Waals surface area contributed by atoms with Crippen molar-refractivity contribution in [1.82, 2.24) is 15.0 Å². The van der Waals surface area contributed by atoms with Crippen LogP contribution < -0.4 is 10.1 Å². The normalized spacial score (nSPS) is 10.8. The molecule has 112 valence electrons. The molecule has 0 bridgehead atoms. The lowest BCUT2D eigenvalue weighted by Crippen LogP contribution is -2.10. The molecule has 1 N–H and O–H groups in total. The van der Waals surface area contributed by atoms with Gasteiger partial charge in [-0.3, -0.25) is 0 Å². The summed E-state index contributed by atoms with van der Waals surface area (Å²) < 4.78 is 44.8. The molecule has 0 fully saturated rings. The van der Waals surface area contributed by atoms with E-state index < -0.39 is 17.5 Å². The van der Waals surface area contributed by atoms with Gasteiger partial charge in [-0.05, 0) is 37.6 Å². The van der Waals surface area contributed by atoms with Crippen molar-refractivity contribution in [3.8, 4) is 6.01 Å². The highest BCUT2D eigenvalue weighted by Gasteiger charge is 2.15. The zero-order chi connectivity index (χ0) is 15.6. The van der Waals surface area contributed by atoms with Crippen LogP contribution in [0.15, 0.2) is 12.1 Å². The van der Waals surface area contributed by atoms with E-state index in [0.29, 0.717) is 0 Å². The van der Waals surface area contributed by atoms with Crippen molar-refractivity contribution in [2.75, 3.05) is 5.32 Å². The molecule has 0 aliphatic carbocycles. The fourth-order valence-corrected chi connectivity index (χ4v) is 1.55. The molecule has 1 aromatic heterocycles. The number of benzene rings is 1. The van der Waals surface area contributed by atoms with Gasteiger partial charge in [-0.1, -0.05) is 0 Å². The van der Waals surface area contributed by atoms with Crippen LogP contribution in [0.1, 0.15) is 13.8 Å². The van der Waals surface area contributed by atoms with Gasteiger partial charge in [0.15, 0.2) is 17.5 Å². The average molecular weight is 319 g/mol. The highest BCUT2D eigenvalue weighted by molar-refractivity contribution is 6.28. The highest BCUT2D eigenvalue weighted by atomic mass is 35.5. The van der Waals surface area contributed by atoms with Crippen molar-refractivity contribution in [3.05, 3.63) is 34.9 Å². The molecule has 5 nitrogen and oxygen atoms in total. The van der Waals surface area contributed by atoms with Gasteiger partial charge in [-0.15, -0.1) is 0 Å². The summed E-state index contributed by atoms with van der Waals surface area (Å²) in [6, 6.07) is 1.71. The van der Waals surface area contributed by atoms with E-state index in [2.05, 4.69) is 20.3 Å². The summed E-state index contributed by atoms with van der Waals surface area (Å²) in [4.78, 5) is 11.3. The van der Waals surface area contributed by atoms with Gasteiger partial charge in [0.25, 0.3) is 0 Å². The van der Waals surface area contributed by atoms with Gasteiger partial charge in [-0.2, -0.15) is 15.0 Å². The lowest BCUT2D eigenvalue weighted by atomic mass is 10.3. The molecule has 0 spiro atoms. The number of hydrogen-bond donors (Lipinski definition) is 1. The summed E-state index contributed by atoms with van der Waals surface area (Å²) >= 11 is 5.69. The molecule has 0 saturated carbocycles. The highest BCUT2D eigenvalue weighted by Crippen LogP contribution is 2.23. The van der Waals surface area contributed by atoms with Crippen LogP contribution in [0.25, 0.3) is 0 Å². The molecule has 0 amide bonds. The first-order valence-corrected chi connectivity index (χ1v) is 6.23. The maximum absolute atomic E-state index is 13.5. The second-order valence-electron chi connectivity index (χ2n) is 4.23. The van der Waals surface area contributed by atoms with Crippen LogP contribution in [0, 0.1) is 17.5 Å². The van der Waals surface area contributed by atoms with Crippen LogP contribution in [0.3, 0.4) is 0 Å². The van der Waals surface area contributed by atoms with Crippen LogP contribution in [0.5, 0.6) is 6.01 Å². The Morgan fingerprint density at radius 2 is 1.81 bits per heavy atom. The van der Waals surface area contributed by atoms with Gasteiger partial charge in [0.2, 0.25) is 11.2 Å². The summed E-state index contributed by atoms with van der Waals surface area (Å²) in [5.41, 5.74) is -0.341. The second kappa shape index (κ2) is 6.13. The van der Waals surface area contributed by atoms with Crippen LogP contribution >= 0.6 is 11.6 Å². The van der Waals surface area contributed by atoms with E-state index in [1.54, 1.807) is 13.8 Å². The van der Waals surface area contributed by atoms with E-state index in [0.717, 1.165) is 12.1 Å². The molecule has 0 aliphatic rings. The molecular weight excluding hydrogens is 309 g/mol. The first-order chi connectivity index (χ1) is 9.86. The predicted octanol–water partition coefficient (Wildman–Crippen LogP) is 3.47. The first kappa shape index (κ1) is 15.3. The van der Waals surface area contributed by atoms with Gasteiger partial charge >= 0.3 is 6.01 Å². The number of aromatic nitrogens is 3. The summed E-state index contributed by atoms with van der Waals surface area (Å²) in [5.74, 6) is -4.44. The Morgan fingerprint density at radius 1 is 1.10 bits per heavy atom. The molecule has 1 aromatic carbocycles. The molecule has 0 aliphatic heterocycles. The minimum Gasteiger partial charge on any atom is -0.461 e. The number of anilines is 2. The molecule has 2 rings (SSSR count). The summed E-state index contributed by atoms with van der Waals surface area (Å²) in [6.07, 6.45) is -0.212. The monoisotopic (exact) mass is 318 g/mol. The number of ether oxygens (including phenoxy) is 1. The predicted molar refractivity (Wildman–Crippen MR) is 70.2 cm³/mol. The Balaban J connectivity index is 2.31. The van der Waals surface area contributed by atoms with Crippen LogP contribution in [0.4, 0.5) is 24.8 Å². The lowest BCUT2D eigenvalue weighted by Gasteiger charge is -2.10. The standard InChI is InChI=1S/C12H10ClF3N4O/c1-5(2)21-12-19-10(13)18-11(20-12)17-7-4-3-6(14)8(15)9(7)16/h3-5H,1-2H3,(H,17,18,19,20). The first-order valence-electron chi connectivity index (χ1n) is 5.85. The van der Waals surface area contributed by atoms with E-state index in [-0.39, 0.29) is 29.0 Å². The zero-order valence-electron chi connectivity index (χ0n) is 11.0. The average Bonchev–Trinajstić information content (AvgIpc) is 2.38. The van der Waals surface area contributed by atoms with Crippen molar-refractivity contribution in [2.45, 2.75) is 20.0 Å². The van der Waals surface area contributed by atoms with Crippen molar-refractivity contribution < 1.29 is 17.9 Å². The topological polar surface area (TPSA) is 59.9 Å². The third-order valence-electron chi connectivity index (χ3n) is 2.21. The van der Waals surface area contributed by atoms with Crippen molar-refractivity contribution in [1.29, 1.82) is 0 Å². The van der Waals surface area contributed by atoms with Crippen LogP contribution in [-0.2, 0) is 0 Å². The molecule has 9 heteroatoms. The molecular formula is C12H10ClF3N4O. The number of rotatable bonds is 4. The molecule has 0 saturated heterocycles. The maximum atomic E-state index is 13.5. The third kappa shape index (κ3) is 3.72. The van der Waals surface area contributed by atoms with Crippen molar-refractivity contribution in [2.24, 2.45) is 0 Å². The van der Waals surface area contributed by atoms with E-state index in [1.165, 1.54) is 0 Å². The third-order valence-corrected chi connectivity index (χ3v) is 2.38. The van der Waals surface area contributed by atoms with E-state index >= 15 is 0 Å². The SMILES string of the molecule is CC(C)Oc1nc(Cl)nc(Nc2ccc(F)c(F)c2F)n1. The zero-order valence-corrected chi connectivity index (χ0v) is 11.7. The molecule has 2 aromatic rings. The summed E-state index contributed by atoms with van der Waals surface area (Å²) in [5, 5.41) is 2.20. The Labute approximate surface area is 123 Å². The summed E-state index contributed by atoms with van der Waals surface area (Å²) in [6.45, 7) is 3.50.